The van der Waals surface area contributed by atoms with Crippen LogP contribution in [-0.4, -0.2) is 36.0 Å². The summed E-state index contributed by atoms with van der Waals surface area (Å²) < 4.78 is 13.5. The third-order valence-electron chi connectivity index (χ3n) is 7.69. The van der Waals surface area contributed by atoms with Crippen molar-refractivity contribution in [3.05, 3.63) is 79.3 Å². The Hall–Kier alpha value is -4.92. The molecule has 1 saturated carbocycles. The molecule has 6 aromatic rings. The number of aromatic nitrogens is 6. The van der Waals surface area contributed by atoms with E-state index in [2.05, 4.69) is 35.5 Å². The van der Waals surface area contributed by atoms with Crippen molar-refractivity contribution in [2.24, 2.45) is 5.92 Å². The van der Waals surface area contributed by atoms with Crippen molar-refractivity contribution in [3.63, 3.8) is 0 Å². The SMILES string of the molecule is O=C(Nc1cncc(-c2cnc3[nH]nc(-c4cc5c(-c6ccc(F)cc6)cncc5[nH]4)c3c2)c1)C1CCCCC1. The van der Waals surface area contributed by atoms with Gasteiger partial charge in [-0.25, -0.2) is 9.37 Å². The van der Waals surface area contributed by atoms with Gasteiger partial charge in [-0.05, 0) is 48.7 Å². The van der Waals surface area contributed by atoms with Crippen LogP contribution in [0.15, 0.2) is 73.4 Å². The van der Waals surface area contributed by atoms with Crippen molar-refractivity contribution in [2.75, 3.05) is 5.32 Å². The van der Waals surface area contributed by atoms with Crippen LogP contribution in [0.4, 0.5) is 10.1 Å². The molecule has 5 aromatic heterocycles. The van der Waals surface area contributed by atoms with E-state index in [0.29, 0.717) is 11.3 Å². The molecule has 198 valence electrons. The number of pyridine rings is 3. The number of halogens is 1. The molecule has 1 fully saturated rings. The number of hydrogen-bond acceptors (Lipinski definition) is 5. The highest BCUT2D eigenvalue weighted by atomic mass is 19.1. The molecule has 8 nitrogen and oxygen atoms in total. The number of nitrogens with zero attached hydrogens (tertiary/aromatic N) is 4. The van der Waals surface area contributed by atoms with E-state index in [9.17, 15) is 9.18 Å². The zero-order valence-corrected chi connectivity index (χ0v) is 21.6. The molecule has 1 aliphatic carbocycles. The molecule has 3 N–H and O–H groups in total. The van der Waals surface area contributed by atoms with Gasteiger partial charge in [0.15, 0.2) is 5.65 Å². The van der Waals surface area contributed by atoms with E-state index in [1.807, 2.05) is 18.2 Å². The fourth-order valence-corrected chi connectivity index (χ4v) is 5.58. The third kappa shape index (κ3) is 4.49. The van der Waals surface area contributed by atoms with E-state index in [1.165, 1.54) is 18.6 Å². The number of nitrogens with one attached hydrogen (secondary N) is 3. The van der Waals surface area contributed by atoms with Gasteiger partial charge < -0.3 is 10.3 Å². The molecule has 1 aliphatic rings. The molecule has 0 bridgehead atoms. The summed E-state index contributed by atoms with van der Waals surface area (Å²) >= 11 is 0. The second kappa shape index (κ2) is 10.00. The number of anilines is 1. The summed E-state index contributed by atoms with van der Waals surface area (Å²) in [5, 5.41) is 12.4. The maximum Gasteiger partial charge on any atom is 0.227 e. The van der Waals surface area contributed by atoms with E-state index in [1.54, 1.807) is 43.1 Å². The van der Waals surface area contributed by atoms with Crippen LogP contribution < -0.4 is 5.32 Å². The third-order valence-corrected chi connectivity index (χ3v) is 7.69. The van der Waals surface area contributed by atoms with Crippen molar-refractivity contribution in [3.8, 4) is 33.6 Å². The fourth-order valence-electron chi connectivity index (χ4n) is 5.58. The summed E-state index contributed by atoms with van der Waals surface area (Å²) in [6, 6.07) is 12.4. The minimum absolute atomic E-state index is 0.0673. The Morgan fingerprint density at radius 3 is 2.50 bits per heavy atom. The van der Waals surface area contributed by atoms with Gasteiger partial charge in [0.2, 0.25) is 5.91 Å². The molecular formula is C31H26FN7O. The lowest BCUT2D eigenvalue weighted by atomic mass is 9.88. The van der Waals surface area contributed by atoms with Gasteiger partial charge >= 0.3 is 0 Å². The predicted molar refractivity (Wildman–Crippen MR) is 153 cm³/mol. The first-order valence-electron chi connectivity index (χ1n) is 13.5. The molecule has 0 atom stereocenters. The van der Waals surface area contributed by atoms with E-state index in [-0.39, 0.29) is 17.6 Å². The Morgan fingerprint density at radius 2 is 1.65 bits per heavy atom. The maximum atomic E-state index is 13.5. The van der Waals surface area contributed by atoms with Gasteiger partial charge in [-0.1, -0.05) is 31.4 Å². The zero-order chi connectivity index (χ0) is 27.1. The van der Waals surface area contributed by atoms with Crippen LogP contribution in [0.3, 0.4) is 0 Å². The second-order valence-electron chi connectivity index (χ2n) is 10.3. The maximum absolute atomic E-state index is 13.5. The monoisotopic (exact) mass is 531 g/mol. The van der Waals surface area contributed by atoms with Crippen molar-refractivity contribution in [1.82, 2.24) is 30.1 Å². The number of amides is 1. The Bertz CT molecular complexity index is 1850. The minimum Gasteiger partial charge on any atom is -0.352 e. The quantitative estimate of drug-likeness (QED) is 0.224. The molecule has 1 aromatic carbocycles. The summed E-state index contributed by atoms with van der Waals surface area (Å²) in [6.07, 6.45) is 14.1. The number of hydrogen-bond donors (Lipinski definition) is 3. The molecule has 40 heavy (non-hydrogen) atoms. The summed E-state index contributed by atoms with van der Waals surface area (Å²) in [5.74, 6) is -0.145. The first-order valence-corrected chi connectivity index (χ1v) is 13.5. The highest BCUT2D eigenvalue weighted by Crippen LogP contribution is 2.34. The molecule has 0 unspecified atom stereocenters. The van der Waals surface area contributed by atoms with Gasteiger partial charge in [0.25, 0.3) is 0 Å². The normalized spacial score (nSPS) is 14.1. The van der Waals surface area contributed by atoms with Crippen LogP contribution in [0.25, 0.3) is 55.6 Å². The van der Waals surface area contributed by atoms with Crippen molar-refractivity contribution in [1.29, 1.82) is 0 Å². The summed E-state index contributed by atoms with van der Waals surface area (Å²) in [7, 11) is 0. The Morgan fingerprint density at radius 1 is 0.850 bits per heavy atom. The molecule has 9 heteroatoms. The first kappa shape index (κ1) is 24.1. The van der Waals surface area contributed by atoms with E-state index in [0.717, 1.165) is 75.6 Å². The predicted octanol–water partition coefficient (Wildman–Crippen LogP) is 6.89. The number of fused-ring (bicyclic) bond motifs is 2. The van der Waals surface area contributed by atoms with Crippen molar-refractivity contribution < 1.29 is 9.18 Å². The average molecular weight is 532 g/mol. The summed E-state index contributed by atoms with van der Waals surface area (Å²) in [4.78, 5) is 29.6. The number of aromatic amines is 2. The van der Waals surface area contributed by atoms with Gasteiger partial charge in [-0.15, -0.1) is 0 Å². The largest absolute Gasteiger partial charge is 0.352 e. The van der Waals surface area contributed by atoms with Gasteiger partial charge in [-0.2, -0.15) is 5.10 Å². The number of rotatable bonds is 5. The van der Waals surface area contributed by atoms with Crippen LogP contribution in [-0.2, 0) is 4.79 Å². The lowest BCUT2D eigenvalue weighted by Crippen LogP contribution is -2.24. The van der Waals surface area contributed by atoms with Crippen LogP contribution in [0, 0.1) is 11.7 Å². The first-order chi connectivity index (χ1) is 19.6. The Labute approximate surface area is 229 Å². The molecule has 0 spiro atoms. The summed E-state index contributed by atoms with van der Waals surface area (Å²) in [6.45, 7) is 0. The second-order valence-corrected chi connectivity index (χ2v) is 10.3. The average Bonchev–Trinajstić information content (AvgIpc) is 3.62. The lowest BCUT2D eigenvalue weighted by molar-refractivity contribution is -0.120. The zero-order valence-electron chi connectivity index (χ0n) is 21.6. The van der Waals surface area contributed by atoms with E-state index < -0.39 is 0 Å². The van der Waals surface area contributed by atoms with E-state index in [4.69, 9.17) is 0 Å². The van der Waals surface area contributed by atoms with E-state index >= 15 is 0 Å². The molecule has 0 radical (unpaired) electrons. The molecule has 5 heterocycles. The summed E-state index contributed by atoms with van der Waals surface area (Å²) in [5.41, 5.74) is 7.21. The Kier molecular flexibility index (Phi) is 6.03. The highest BCUT2D eigenvalue weighted by molar-refractivity contribution is 6.00. The number of benzene rings is 1. The van der Waals surface area contributed by atoms with Crippen LogP contribution in [0.1, 0.15) is 32.1 Å². The van der Waals surface area contributed by atoms with Crippen LogP contribution >= 0.6 is 0 Å². The van der Waals surface area contributed by atoms with Gasteiger partial charge in [0.05, 0.1) is 29.3 Å². The van der Waals surface area contributed by atoms with Gasteiger partial charge in [-0.3, -0.25) is 19.9 Å². The van der Waals surface area contributed by atoms with Crippen molar-refractivity contribution >= 4 is 33.5 Å². The lowest BCUT2D eigenvalue weighted by Gasteiger charge is -2.20. The Balaban J connectivity index is 1.22. The highest BCUT2D eigenvalue weighted by Gasteiger charge is 2.21. The fraction of sp³-hybridized carbons (Fsp3) is 0.194. The molecule has 7 rings (SSSR count). The number of carbonyl (C=O) groups excluding carboxylic acids is 1. The topological polar surface area (TPSA) is 112 Å². The van der Waals surface area contributed by atoms with Crippen LogP contribution in [0.2, 0.25) is 0 Å². The van der Waals surface area contributed by atoms with Crippen molar-refractivity contribution in [2.45, 2.75) is 32.1 Å². The van der Waals surface area contributed by atoms with Gasteiger partial charge in [0.1, 0.15) is 11.5 Å². The van der Waals surface area contributed by atoms with Crippen LogP contribution in [0.5, 0.6) is 0 Å². The molecule has 1 amide bonds. The molecular weight excluding hydrogens is 505 g/mol. The number of carbonyl (C=O) groups is 1. The smallest absolute Gasteiger partial charge is 0.227 e. The molecule has 0 aliphatic heterocycles. The molecule has 0 saturated heterocycles. The standard InChI is InChI=1S/C31H26FN7O/c32-22-8-6-18(7-9-22)26-16-34-17-28-24(26)12-27(37-28)29-25-11-21(14-35-30(25)39-38-29)20-10-23(15-33-13-20)36-31(40)19-4-2-1-3-5-19/h6-17,19,37H,1-5H2,(H,36,40)(H,35,38,39). The van der Waals surface area contributed by atoms with Gasteiger partial charge in [0, 0.05) is 52.0 Å². The minimum atomic E-state index is -0.280. The number of H-pyrrole nitrogens is 2.